The van der Waals surface area contributed by atoms with Crippen LogP contribution < -0.4 is 5.43 Å². The number of halogens is 3. The summed E-state index contributed by atoms with van der Waals surface area (Å²) in [4.78, 5) is 41.4. The van der Waals surface area contributed by atoms with Crippen LogP contribution in [0.5, 0.6) is 0 Å². The van der Waals surface area contributed by atoms with Crippen LogP contribution in [0, 0.1) is 13.8 Å². The van der Waals surface area contributed by atoms with Crippen molar-refractivity contribution in [2.24, 2.45) is 0 Å². The number of para-hydroxylation sites is 1. The fraction of sp³-hybridized carbons (Fsp3) is 0.200. The maximum atomic E-state index is 13.1. The maximum Gasteiger partial charge on any atom is 0.416 e. The molecule has 180 valence electrons. The molecule has 0 amide bonds. The van der Waals surface area contributed by atoms with Gasteiger partial charge in [0.1, 0.15) is 0 Å². The Bertz CT molecular complexity index is 1520. The van der Waals surface area contributed by atoms with Gasteiger partial charge in [-0.3, -0.25) is 9.59 Å². The van der Waals surface area contributed by atoms with Crippen molar-refractivity contribution < 1.29 is 27.5 Å². The molecule has 0 saturated carbocycles. The van der Waals surface area contributed by atoms with E-state index in [0.717, 1.165) is 28.4 Å². The van der Waals surface area contributed by atoms with Gasteiger partial charge in [-0.05, 0) is 45.0 Å². The van der Waals surface area contributed by atoms with Crippen LogP contribution in [-0.2, 0) is 10.9 Å². The summed E-state index contributed by atoms with van der Waals surface area (Å²) in [5.41, 5.74) is -0.418. The number of ketones is 1. The highest BCUT2D eigenvalue weighted by atomic mass is 19.4. The summed E-state index contributed by atoms with van der Waals surface area (Å²) in [5, 5.41) is 4.62. The third kappa shape index (κ3) is 4.59. The summed E-state index contributed by atoms with van der Waals surface area (Å²) >= 11 is 0. The Balaban J connectivity index is 1.64. The van der Waals surface area contributed by atoms with Crippen LogP contribution in [0.25, 0.3) is 16.6 Å². The number of fused-ring (bicyclic) bond motifs is 1. The second-order valence-electron chi connectivity index (χ2n) is 8.04. The van der Waals surface area contributed by atoms with Gasteiger partial charge < -0.3 is 9.72 Å². The fourth-order valence-electron chi connectivity index (χ4n) is 3.83. The summed E-state index contributed by atoms with van der Waals surface area (Å²) in [7, 11) is 0. The molecular weight excluding hydrogens is 463 g/mol. The van der Waals surface area contributed by atoms with Gasteiger partial charge in [-0.25, -0.2) is 9.48 Å². The molecule has 1 N–H and O–H groups in total. The number of rotatable bonds is 5. The first-order chi connectivity index (χ1) is 16.5. The minimum Gasteiger partial charge on any atom is -0.449 e. The van der Waals surface area contributed by atoms with Crippen molar-refractivity contribution in [3.63, 3.8) is 0 Å². The first-order valence-corrected chi connectivity index (χ1v) is 10.6. The van der Waals surface area contributed by atoms with Gasteiger partial charge >= 0.3 is 12.1 Å². The number of H-pyrrole nitrogens is 1. The quantitative estimate of drug-likeness (QED) is 0.326. The predicted octanol–water partition coefficient (Wildman–Crippen LogP) is 4.78. The van der Waals surface area contributed by atoms with E-state index in [9.17, 15) is 27.6 Å². The number of aromatic nitrogens is 3. The molecule has 10 heteroatoms. The van der Waals surface area contributed by atoms with E-state index in [4.69, 9.17) is 4.74 Å². The molecule has 2 aromatic carbocycles. The Morgan fingerprint density at radius 3 is 2.49 bits per heavy atom. The highest BCUT2D eigenvalue weighted by Crippen LogP contribution is 2.30. The topological polar surface area (TPSA) is 94.1 Å². The smallest absolute Gasteiger partial charge is 0.416 e. The summed E-state index contributed by atoms with van der Waals surface area (Å²) in [5.74, 6) is -1.63. The molecule has 0 radical (unpaired) electrons. The maximum absolute atomic E-state index is 13.1. The van der Waals surface area contributed by atoms with Crippen LogP contribution in [-0.4, -0.2) is 32.6 Å². The van der Waals surface area contributed by atoms with Gasteiger partial charge in [0.2, 0.25) is 16.9 Å². The number of nitrogens with zero attached hydrogens (tertiary/aromatic N) is 2. The van der Waals surface area contributed by atoms with Crippen LogP contribution in [0.3, 0.4) is 0 Å². The van der Waals surface area contributed by atoms with E-state index in [1.165, 1.54) is 26.0 Å². The number of carbonyl (C=O) groups excluding carboxylic acids is 2. The molecule has 0 saturated heterocycles. The van der Waals surface area contributed by atoms with Crippen molar-refractivity contribution in [3.05, 3.63) is 93.0 Å². The largest absolute Gasteiger partial charge is 0.449 e. The Labute approximate surface area is 197 Å². The predicted molar refractivity (Wildman–Crippen MR) is 122 cm³/mol. The van der Waals surface area contributed by atoms with Crippen molar-refractivity contribution in [2.45, 2.75) is 33.1 Å². The monoisotopic (exact) mass is 483 g/mol. The molecule has 7 nitrogen and oxygen atoms in total. The van der Waals surface area contributed by atoms with Crippen molar-refractivity contribution in [3.8, 4) is 5.69 Å². The van der Waals surface area contributed by atoms with Crippen LogP contribution in [0.15, 0.2) is 59.4 Å². The third-order valence-electron chi connectivity index (χ3n) is 5.51. The van der Waals surface area contributed by atoms with Crippen LogP contribution in [0.1, 0.15) is 44.7 Å². The molecule has 35 heavy (non-hydrogen) atoms. The number of benzene rings is 2. The molecule has 4 rings (SSSR count). The lowest BCUT2D eigenvalue weighted by molar-refractivity contribution is -0.137. The second-order valence-corrected chi connectivity index (χ2v) is 8.04. The van der Waals surface area contributed by atoms with Crippen LogP contribution in [0.2, 0.25) is 0 Å². The van der Waals surface area contributed by atoms with E-state index < -0.39 is 40.7 Å². The van der Waals surface area contributed by atoms with Gasteiger partial charge in [-0.2, -0.15) is 18.3 Å². The highest BCUT2D eigenvalue weighted by molar-refractivity contribution is 6.11. The molecule has 2 heterocycles. The molecule has 1 atom stereocenters. The lowest BCUT2D eigenvalue weighted by Crippen LogP contribution is -2.30. The first kappa shape index (κ1) is 23.9. The number of hydrogen-bond acceptors (Lipinski definition) is 5. The lowest BCUT2D eigenvalue weighted by atomic mass is 10.0. The highest BCUT2D eigenvalue weighted by Gasteiger charge is 2.31. The minimum atomic E-state index is -4.58. The van der Waals surface area contributed by atoms with E-state index in [0.29, 0.717) is 16.6 Å². The van der Waals surface area contributed by atoms with Gasteiger partial charge in [0.05, 0.1) is 11.3 Å². The average molecular weight is 483 g/mol. The number of nitrogens with one attached hydrogen (secondary N) is 1. The van der Waals surface area contributed by atoms with Gasteiger partial charge in [0, 0.05) is 33.9 Å². The summed E-state index contributed by atoms with van der Waals surface area (Å²) in [6.07, 6.45) is -5.83. The van der Waals surface area contributed by atoms with Crippen molar-refractivity contribution in [1.29, 1.82) is 0 Å². The summed E-state index contributed by atoms with van der Waals surface area (Å²) in [6, 6.07) is 12.5. The number of ether oxygens (including phenoxy) is 1. The van der Waals surface area contributed by atoms with Crippen molar-refractivity contribution in [2.75, 3.05) is 0 Å². The van der Waals surface area contributed by atoms with Crippen LogP contribution in [0.4, 0.5) is 13.2 Å². The van der Waals surface area contributed by atoms with Gasteiger partial charge in [-0.1, -0.05) is 24.3 Å². The number of Topliss-reactive ketones (excluding diaryl/α,β-unsaturated/α-hetero) is 1. The molecule has 0 aliphatic heterocycles. The van der Waals surface area contributed by atoms with E-state index in [1.54, 1.807) is 19.1 Å². The molecule has 0 bridgehead atoms. The zero-order valence-electron chi connectivity index (χ0n) is 18.9. The van der Waals surface area contributed by atoms with Crippen molar-refractivity contribution in [1.82, 2.24) is 14.8 Å². The first-order valence-electron chi connectivity index (χ1n) is 10.6. The number of aromatic amines is 1. The average Bonchev–Trinajstić information content (AvgIpc) is 3.13. The Kier molecular flexibility index (Phi) is 6.06. The molecule has 4 aromatic rings. The molecular formula is C25H20F3N3O4. The number of esters is 1. The Morgan fingerprint density at radius 1 is 1.06 bits per heavy atom. The second kappa shape index (κ2) is 8.86. The fourth-order valence-corrected chi connectivity index (χ4v) is 3.83. The van der Waals surface area contributed by atoms with Crippen molar-refractivity contribution >= 4 is 22.7 Å². The number of alkyl halides is 3. The molecule has 1 unspecified atom stereocenters. The standard InChI is InChI=1S/C25H20F3N3O4/c1-13-11-20(32)22(30-31(13)17-8-6-7-16(12-17)25(26,27)28)24(34)35-15(3)23(33)21-14(2)29-19-10-5-4-9-18(19)21/h4-12,15,29H,1-3H3. The molecule has 0 aliphatic carbocycles. The Morgan fingerprint density at radius 2 is 1.77 bits per heavy atom. The molecule has 0 fully saturated rings. The Hall–Kier alpha value is -4.21. The number of aryl methyl sites for hydroxylation is 2. The normalized spacial score (nSPS) is 12.5. The van der Waals surface area contributed by atoms with E-state index in [-0.39, 0.29) is 11.4 Å². The summed E-state index contributed by atoms with van der Waals surface area (Å²) in [6.45, 7) is 4.56. The van der Waals surface area contributed by atoms with Gasteiger partial charge in [-0.15, -0.1) is 0 Å². The molecule has 0 spiro atoms. The zero-order chi connectivity index (χ0) is 25.5. The molecule has 0 aliphatic rings. The SMILES string of the molecule is Cc1[nH]c2ccccc2c1C(=O)C(C)OC(=O)c1nn(-c2cccc(C(F)(F)F)c2)c(C)cc1=O. The van der Waals surface area contributed by atoms with Crippen LogP contribution >= 0.6 is 0 Å². The minimum absolute atomic E-state index is 0.00455. The van der Waals surface area contributed by atoms with Gasteiger partial charge in [0.15, 0.2) is 6.10 Å². The molecule has 2 aromatic heterocycles. The van der Waals surface area contributed by atoms with E-state index in [1.807, 2.05) is 12.1 Å². The van der Waals surface area contributed by atoms with E-state index in [2.05, 4.69) is 10.1 Å². The lowest BCUT2D eigenvalue weighted by Gasteiger charge is -2.15. The van der Waals surface area contributed by atoms with E-state index >= 15 is 0 Å². The zero-order valence-corrected chi connectivity index (χ0v) is 18.9. The third-order valence-corrected chi connectivity index (χ3v) is 5.51. The van der Waals surface area contributed by atoms with Gasteiger partial charge in [0.25, 0.3) is 0 Å². The number of hydrogen-bond donors (Lipinski definition) is 1. The summed E-state index contributed by atoms with van der Waals surface area (Å²) < 4.78 is 45.7. The number of carbonyl (C=O) groups is 2.